The smallest absolute Gasteiger partial charge is 0.408 e. The molecule has 9 nitrogen and oxygen atoms in total. The van der Waals surface area contributed by atoms with E-state index >= 15 is 0 Å². The lowest BCUT2D eigenvalue weighted by Crippen LogP contribution is -2.55. The predicted molar refractivity (Wildman–Crippen MR) is 138 cm³/mol. The number of benzene rings is 1. The zero-order valence-corrected chi connectivity index (χ0v) is 22.8. The van der Waals surface area contributed by atoms with Crippen molar-refractivity contribution in [3.05, 3.63) is 35.9 Å². The van der Waals surface area contributed by atoms with E-state index in [9.17, 15) is 19.2 Å². The minimum atomic E-state index is -0.993. The summed E-state index contributed by atoms with van der Waals surface area (Å²) in [6.45, 7) is 11.1. The van der Waals surface area contributed by atoms with Crippen molar-refractivity contribution in [3.8, 4) is 0 Å². The van der Waals surface area contributed by atoms with Crippen LogP contribution in [-0.4, -0.2) is 60.6 Å². The van der Waals surface area contributed by atoms with E-state index in [1.165, 1.54) is 12.0 Å². The van der Waals surface area contributed by atoms with Crippen LogP contribution in [0.3, 0.4) is 0 Å². The minimum Gasteiger partial charge on any atom is -0.468 e. The van der Waals surface area contributed by atoms with Gasteiger partial charge in [0, 0.05) is 6.54 Å². The van der Waals surface area contributed by atoms with Gasteiger partial charge in [-0.1, -0.05) is 70.4 Å². The number of alkyl carbamates (subject to hydrolysis) is 1. The second-order valence-electron chi connectivity index (χ2n) is 9.86. The number of methoxy groups -OCH3 is 1. The maximum atomic E-state index is 14.0. The Kier molecular flexibility index (Phi) is 13.0. The van der Waals surface area contributed by atoms with Gasteiger partial charge in [-0.2, -0.15) is 0 Å². The number of amides is 3. The highest BCUT2D eigenvalue weighted by molar-refractivity contribution is 5.93. The van der Waals surface area contributed by atoms with Crippen molar-refractivity contribution in [3.63, 3.8) is 0 Å². The first-order valence-corrected chi connectivity index (χ1v) is 12.6. The number of ether oxygens (including phenoxy) is 2. The maximum Gasteiger partial charge on any atom is 0.408 e. The summed E-state index contributed by atoms with van der Waals surface area (Å²) in [5, 5.41) is 5.33. The Morgan fingerprint density at radius 2 is 1.67 bits per heavy atom. The SMILES string of the molecule is CCCCCN(C(=O)C(NC(=O)OC(C)(C)C)C(C)CC)C(C(=O)NCC(=O)OC)c1ccccc1. The second kappa shape index (κ2) is 15.1. The number of rotatable bonds is 13. The van der Waals surface area contributed by atoms with Crippen molar-refractivity contribution in [1.82, 2.24) is 15.5 Å². The molecule has 2 N–H and O–H groups in total. The largest absolute Gasteiger partial charge is 0.468 e. The molecule has 3 atom stereocenters. The van der Waals surface area contributed by atoms with Crippen molar-refractivity contribution < 1.29 is 28.7 Å². The molecule has 9 heteroatoms. The average molecular weight is 506 g/mol. The molecule has 202 valence electrons. The molecular formula is C27H43N3O6. The van der Waals surface area contributed by atoms with E-state index in [1.807, 2.05) is 19.9 Å². The molecule has 1 aromatic carbocycles. The van der Waals surface area contributed by atoms with Crippen molar-refractivity contribution in [2.75, 3.05) is 20.2 Å². The van der Waals surface area contributed by atoms with Crippen molar-refractivity contribution >= 4 is 23.9 Å². The quantitative estimate of drug-likeness (QED) is 0.310. The average Bonchev–Trinajstić information content (AvgIpc) is 2.83. The summed E-state index contributed by atoms with van der Waals surface area (Å²) in [5.74, 6) is -1.69. The Morgan fingerprint density at radius 3 is 2.19 bits per heavy atom. The lowest BCUT2D eigenvalue weighted by Gasteiger charge is -2.36. The zero-order chi connectivity index (χ0) is 27.3. The maximum absolute atomic E-state index is 14.0. The molecule has 0 saturated carbocycles. The lowest BCUT2D eigenvalue weighted by atomic mass is 9.95. The Bertz CT molecular complexity index is 853. The topological polar surface area (TPSA) is 114 Å². The third-order valence-electron chi connectivity index (χ3n) is 5.75. The van der Waals surface area contributed by atoms with Crippen LogP contribution in [0.15, 0.2) is 30.3 Å². The van der Waals surface area contributed by atoms with E-state index in [0.29, 0.717) is 24.9 Å². The predicted octanol–water partition coefficient (Wildman–Crippen LogP) is 3.98. The zero-order valence-electron chi connectivity index (χ0n) is 22.8. The molecular weight excluding hydrogens is 462 g/mol. The van der Waals surface area contributed by atoms with Gasteiger partial charge >= 0.3 is 12.1 Å². The van der Waals surface area contributed by atoms with Crippen LogP contribution in [0.5, 0.6) is 0 Å². The number of hydrogen-bond donors (Lipinski definition) is 2. The molecule has 1 rings (SSSR count). The third-order valence-corrected chi connectivity index (χ3v) is 5.75. The standard InChI is InChI=1S/C27H43N3O6/c1-8-10-14-17-30(25(33)22(19(3)9-2)29-26(34)36-27(4,5)6)23(20-15-12-11-13-16-20)24(32)28-18-21(31)35-7/h11-13,15-16,19,22-23H,8-10,14,17-18H2,1-7H3,(H,28,32)(H,29,34). The fourth-order valence-corrected chi connectivity index (χ4v) is 3.63. The molecule has 0 aromatic heterocycles. The van der Waals surface area contributed by atoms with E-state index in [1.54, 1.807) is 45.0 Å². The molecule has 36 heavy (non-hydrogen) atoms. The first-order valence-electron chi connectivity index (χ1n) is 12.6. The van der Waals surface area contributed by atoms with E-state index < -0.39 is 35.7 Å². The van der Waals surface area contributed by atoms with Crippen LogP contribution in [-0.2, 0) is 23.9 Å². The number of nitrogens with one attached hydrogen (secondary N) is 2. The van der Waals surface area contributed by atoms with Crippen LogP contribution in [0.4, 0.5) is 4.79 Å². The first kappa shape index (κ1) is 30.9. The van der Waals surface area contributed by atoms with Crippen molar-refractivity contribution in [1.29, 1.82) is 0 Å². The number of unbranched alkanes of at least 4 members (excludes halogenated alkanes) is 2. The molecule has 0 spiro atoms. The summed E-state index contributed by atoms with van der Waals surface area (Å²) >= 11 is 0. The summed E-state index contributed by atoms with van der Waals surface area (Å²) in [6, 6.07) is 7.04. The molecule has 0 bridgehead atoms. The molecule has 0 fully saturated rings. The van der Waals surface area contributed by atoms with Gasteiger partial charge in [0.1, 0.15) is 24.2 Å². The summed E-state index contributed by atoms with van der Waals surface area (Å²) in [7, 11) is 1.24. The van der Waals surface area contributed by atoms with Crippen LogP contribution >= 0.6 is 0 Å². The lowest BCUT2D eigenvalue weighted by molar-refractivity contribution is -0.145. The van der Waals surface area contributed by atoms with Gasteiger partial charge in [-0.25, -0.2) is 4.79 Å². The third kappa shape index (κ3) is 10.3. The Labute approximate surface area is 215 Å². The molecule has 1 aromatic rings. The van der Waals surface area contributed by atoms with E-state index in [4.69, 9.17) is 4.74 Å². The fourth-order valence-electron chi connectivity index (χ4n) is 3.63. The molecule has 3 amide bonds. The molecule has 0 aliphatic rings. The Morgan fingerprint density at radius 1 is 1.03 bits per heavy atom. The van der Waals surface area contributed by atoms with Crippen molar-refractivity contribution in [2.45, 2.75) is 84.9 Å². The summed E-state index contributed by atoms with van der Waals surface area (Å²) < 4.78 is 10.1. The molecule has 0 heterocycles. The van der Waals surface area contributed by atoms with Crippen LogP contribution in [0, 0.1) is 5.92 Å². The Hall–Kier alpha value is -3.10. The number of carbonyl (C=O) groups excluding carboxylic acids is 4. The van der Waals surface area contributed by atoms with Crippen LogP contribution in [0.1, 0.15) is 78.8 Å². The summed E-state index contributed by atoms with van der Waals surface area (Å²) in [6.07, 6.45) is 2.40. The van der Waals surface area contributed by atoms with Gasteiger partial charge in [-0.3, -0.25) is 14.4 Å². The van der Waals surface area contributed by atoms with Crippen molar-refractivity contribution in [2.24, 2.45) is 5.92 Å². The van der Waals surface area contributed by atoms with Gasteiger partial charge in [-0.05, 0) is 38.7 Å². The summed E-state index contributed by atoms with van der Waals surface area (Å²) in [4.78, 5) is 53.2. The monoisotopic (exact) mass is 505 g/mol. The van der Waals surface area contributed by atoms with Crippen LogP contribution in [0.2, 0.25) is 0 Å². The molecule has 0 aliphatic heterocycles. The fraction of sp³-hybridized carbons (Fsp3) is 0.630. The van der Waals surface area contributed by atoms with Gasteiger partial charge in [-0.15, -0.1) is 0 Å². The second-order valence-corrected chi connectivity index (χ2v) is 9.86. The summed E-state index contributed by atoms with van der Waals surface area (Å²) in [5.41, 5.74) is -0.126. The molecule has 0 saturated heterocycles. The highest BCUT2D eigenvalue weighted by Gasteiger charge is 2.37. The molecule has 0 aliphatic carbocycles. The number of nitrogens with zero attached hydrogens (tertiary/aromatic N) is 1. The van der Waals surface area contributed by atoms with Crippen LogP contribution < -0.4 is 10.6 Å². The van der Waals surface area contributed by atoms with Gasteiger partial charge in [0.05, 0.1) is 7.11 Å². The molecule has 3 unspecified atom stereocenters. The highest BCUT2D eigenvalue weighted by Crippen LogP contribution is 2.25. The highest BCUT2D eigenvalue weighted by atomic mass is 16.6. The Balaban J connectivity index is 3.43. The first-order chi connectivity index (χ1) is 16.9. The van der Waals surface area contributed by atoms with E-state index in [2.05, 4.69) is 22.3 Å². The van der Waals surface area contributed by atoms with Gasteiger partial charge in [0.2, 0.25) is 11.8 Å². The number of esters is 1. The van der Waals surface area contributed by atoms with E-state index in [-0.39, 0.29) is 18.4 Å². The van der Waals surface area contributed by atoms with Gasteiger partial charge < -0.3 is 25.0 Å². The van der Waals surface area contributed by atoms with Gasteiger partial charge in [0.25, 0.3) is 0 Å². The minimum absolute atomic E-state index is 0.215. The normalized spacial score (nSPS) is 13.6. The molecule has 0 radical (unpaired) electrons. The van der Waals surface area contributed by atoms with Gasteiger partial charge in [0.15, 0.2) is 0 Å². The number of hydrogen-bond acceptors (Lipinski definition) is 6. The van der Waals surface area contributed by atoms with E-state index in [0.717, 1.165) is 12.8 Å². The number of carbonyl (C=O) groups is 4. The van der Waals surface area contributed by atoms with Crippen LogP contribution in [0.25, 0.3) is 0 Å².